The number of aromatic nitrogens is 4. The van der Waals surface area contributed by atoms with Gasteiger partial charge in [0.05, 0.1) is 5.69 Å². The molecule has 6 nitrogen and oxygen atoms in total. The van der Waals surface area contributed by atoms with Gasteiger partial charge in [0, 0.05) is 43.5 Å². The second-order valence-electron chi connectivity index (χ2n) is 5.96. The molecule has 118 valence electrons. The van der Waals surface area contributed by atoms with E-state index < -0.39 is 0 Å². The van der Waals surface area contributed by atoms with E-state index in [9.17, 15) is 4.79 Å². The molecule has 0 bridgehead atoms. The van der Waals surface area contributed by atoms with Gasteiger partial charge in [0.25, 0.3) is 5.56 Å². The lowest BCUT2D eigenvalue weighted by Gasteiger charge is -2.20. The third kappa shape index (κ3) is 3.44. The predicted molar refractivity (Wildman–Crippen MR) is 84.9 cm³/mol. The summed E-state index contributed by atoms with van der Waals surface area (Å²) in [6.07, 6.45) is 5.31. The molecule has 0 aromatic carbocycles. The quantitative estimate of drug-likeness (QED) is 0.904. The minimum absolute atomic E-state index is 0.0626. The topological polar surface area (TPSA) is 64.7 Å². The Kier molecular flexibility index (Phi) is 4.68. The number of nitrogens with one attached hydrogen (secondary N) is 1. The van der Waals surface area contributed by atoms with Crippen molar-refractivity contribution in [2.24, 2.45) is 0 Å². The van der Waals surface area contributed by atoms with E-state index in [2.05, 4.69) is 21.8 Å². The van der Waals surface area contributed by atoms with Crippen molar-refractivity contribution in [2.75, 3.05) is 13.1 Å². The second kappa shape index (κ2) is 6.87. The van der Waals surface area contributed by atoms with E-state index in [0.717, 1.165) is 37.4 Å². The highest BCUT2D eigenvalue weighted by Gasteiger charge is 2.18. The van der Waals surface area contributed by atoms with Crippen LogP contribution in [0.1, 0.15) is 36.6 Å². The highest BCUT2D eigenvalue weighted by molar-refractivity contribution is 5.05. The molecule has 0 unspecified atom stereocenters. The Morgan fingerprint density at radius 1 is 1.36 bits per heavy atom. The Morgan fingerprint density at radius 2 is 2.27 bits per heavy atom. The van der Waals surface area contributed by atoms with Gasteiger partial charge in [0.2, 0.25) is 0 Å². The van der Waals surface area contributed by atoms with Crippen LogP contribution in [0.4, 0.5) is 0 Å². The van der Waals surface area contributed by atoms with E-state index in [1.165, 1.54) is 12.8 Å². The SMILES string of the molecule is Cc1cccc(=O)n1CCCn1cc([C@@H]2CCCNC2)nn1. The molecular weight excluding hydrogens is 278 g/mol. The van der Waals surface area contributed by atoms with Gasteiger partial charge >= 0.3 is 0 Å². The number of hydrogen-bond acceptors (Lipinski definition) is 4. The maximum absolute atomic E-state index is 11.8. The molecule has 1 saturated heterocycles. The number of nitrogens with zero attached hydrogens (tertiary/aromatic N) is 4. The molecule has 1 atom stereocenters. The number of piperidine rings is 1. The molecule has 22 heavy (non-hydrogen) atoms. The molecule has 1 N–H and O–H groups in total. The van der Waals surface area contributed by atoms with Gasteiger partial charge in [-0.2, -0.15) is 0 Å². The average molecular weight is 301 g/mol. The normalized spacial score (nSPS) is 18.5. The Morgan fingerprint density at radius 3 is 3.05 bits per heavy atom. The molecule has 2 aromatic heterocycles. The Balaban J connectivity index is 1.56. The van der Waals surface area contributed by atoms with Crippen molar-refractivity contribution in [1.82, 2.24) is 24.9 Å². The zero-order valence-corrected chi connectivity index (χ0v) is 13.0. The van der Waals surface area contributed by atoms with Crippen molar-refractivity contribution in [3.05, 3.63) is 46.1 Å². The lowest BCUT2D eigenvalue weighted by atomic mass is 9.97. The monoisotopic (exact) mass is 301 g/mol. The van der Waals surface area contributed by atoms with Crippen molar-refractivity contribution in [3.63, 3.8) is 0 Å². The van der Waals surface area contributed by atoms with Gasteiger partial charge in [-0.05, 0) is 38.8 Å². The van der Waals surface area contributed by atoms with Crippen LogP contribution >= 0.6 is 0 Å². The van der Waals surface area contributed by atoms with Crippen LogP contribution in [0.3, 0.4) is 0 Å². The van der Waals surface area contributed by atoms with Crippen molar-refractivity contribution in [1.29, 1.82) is 0 Å². The van der Waals surface area contributed by atoms with E-state index in [1.54, 1.807) is 12.1 Å². The Hall–Kier alpha value is -1.95. The van der Waals surface area contributed by atoms with E-state index in [-0.39, 0.29) is 5.56 Å². The van der Waals surface area contributed by atoms with Crippen molar-refractivity contribution < 1.29 is 0 Å². The number of rotatable bonds is 5. The molecule has 1 aliphatic rings. The second-order valence-corrected chi connectivity index (χ2v) is 5.96. The first-order valence-electron chi connectivity index (χ1n) is 8.01. The summed E-state index contributed by atoms with van der Waals surface area (Å²) in [5, 5.41) is 11.9. The Bertz CT molecular complexity index is 669. The van der Waals surface area contributed by atoms with Crippen LogP contribution in [0.25, 0.3) is 0 Å². The van der Waals surface area contributed by atoms with Crippen molar-refractivity contribution >= 4 is 0 Å². The fourth-order valence-electron chi connectivity index (χ4n) is 3.01. The zero-order chi connectivity index (χ0) is 15.4. The summed E-state index contributed by atoms with van der Waals surface area (Å²) in [4.78, 5) is 11.8. The molecule has 0 aliphatic carbocycles. The first kappa shape index (κ1) is 15.0. The number of aryl methyl sites for hydroxylation is 2. The molecular formula is C16H23N5O. The van der Waals surface area contributed by atoms with E-state index in [0.29, 0.717) is 12.5 Å². The highest BCUT2D eigenvalue weighted by atomic mass is 16.1. The van der Waals surface area contributed by atoms with Crippen LogP contribution in [-0.2, 0) is 13.1 Å². The van der Waals surface area contributed by atoms with Crippen molar-refractivity contribution in [2.45, 2.75) is 45.2 Å². The lowest BCUT2D eigenvalue weighted by molar-refractivity contribution is 0.454. The minimum atomic E-state index is 0.0626. The molecule has 1 aliphatic heterocycles. The first-order chi connectivity index (χ1) is 10.7. The first-order valence-corrected chi connectivity index (χ1v) is 8.01. The molecule has 0 spiro atoms. The van der Waals surface area contributed by atoms with Crippen LogP contribution in [0.15, 0.2) is 29.2 Å². The fourth-order valence-corrected chi connectivity index (χ4v) is 3.01. The summed E-state index contributed by atoms with van der Waals surface area (Å²) in [5.74, 6) is 0.487. The van der Waals surface area contributed by atoms with Gasteiger partial charge in [-0.1, -0.05) is 11.3 Å². The van der Waals surface area contributed by atoms with Crippen LogP contribution < -0.4 is 10.9 Å². The lowest BCUT2D eigenvalue weighted by Crippen LogP contribution is -2.28. The van der Waals surface area contributed by atoms with Gasteiger partial charge in [-0.3, -0.25) is 9.48 Å². The summed E-state index contributed by atoms with van der Waals surface area (Å²) in [6, 6.07) is 5.37. The van der Waals surface area contributed by atoms with E-state index >= 15 is 0 Å². The van der Waals surface area contributed by atoms with E-state index in [1.807, 2.05) is 22.2 Å². The summed E-state index contributed by atoms with van der Waals surface area (Å²) in [7, 11) is 0. The minimum Gasteiger partial charge on any atom is -0.316 e. The van der Waals surface area contributed by atoms with E-state index in [4.69, 9.17) is 0 Å². The molecule has 1 fully saturated rings. The average Bonchev–Trinajstić information content (AvgIpc) is 3.00. The van der Waals surface area contributed by atoms with Gasteiger partial charge in [-0.25, -0.2) is 0 Å². The summed E-state index contributed by atoms with van der Waals surface area (Å²) < 4.78 is 3.70. The largest absolute Gasteiger partial charge is 0.316 e. The summed E-state index contributed by atoms with van der Waals surface area (Å²) in [6.45, 7) is 5.57. The number of pyridine rings is 1. The van der Waals surface area contributed by atoms with Gasteiger partial charge in [0.1, 0.15) is 0 Å². The fraction of sp³-hybridized carbons (Fsp3) is 0.562. The third-order valence-corrected chi connectivity index (χ3v) is 4.31. The molecule has 0 amide bonds. The van der Waals surface area contributed by atoms with Crippen LogP contribution in [0, 0.1) is 6.92 Å². The molecule has 2 aromatic rings. The van der Waals surface area contributed by atoms with Crippen LogP contribution in [0.2, 0.25) is 0 Å². The zero-order valence-electron chi connectivity index (χ0n) is 13.0. The number of hydrogen-bond donors (Lipinski definition) is 1. The van der Waals surface area contributed by atoms with Gasteiger partial charge < -0.3 is 9.88 Å². The Labute approximate surface area is 130 Å². The van der Waals surface area contributed by atoms with Crippen LogP contribution in [-0.4, -0.2) is 32.7 Å². The maximum Gasteiger partial charge on any atom is 0.250 e. The predicted octanol–water partition coefficient (Wildman–Crippen LogP) is 1.31. The van der Waals surface area contributed by atoms with Gasteiger partial charge in [0.15, 0.2) is 0 Å². The smallest absolute Gasteiger partial charge is 0.250 e. The van der Waals surface area contributed by atoms with Crippen LogP contribution in [0.5, 0.6) is 0 Å². The molecule has 3 heterocycles. The molecule has 0 saturated carbocycles. The summed E-state index contributed by atoms with van der Waals surface area (Å²) in [5.41, 5.74) is 2.15. The van der Waals surface area contributed by atoms with Crippen molar-refractivity contribution in [3.8, 4) is 0 Å². The highest BCUT2D eigenvalue weighted by Crippen LogP contribution is 2.20. The van der Waals surface area contributed by atoms with Gasteiger partial charge in [-0.15, -0.1) is 5.10 Å². The molecule has 0 radical (unpaired) electrons. The summed E-state index contributed by atoms with van der Waals surface area (Å²) >= 11 is 0. The third-order valence-electron chi connectivity index (χ3n) is 4.31. The molecule has 3 rings (SSSR count). The standard InChI is InChI=1S/C16H23N5O/c1-13-5-2-7-16(22)21(13)10-4-9-20-12-15(18-19-20)14-6-3-8-17-11-14/h2,5,7,12,14,17H,3-4,6,8-11H2,1H3/t14-/m1/s1. The maximum atomic E-state index is 11.8. The molecule has 6 heteroatoms.